The quantitative estimate of drug-likeness (QED) is 0.698. The lowest BCUT2D eigenvalue weighted by Gasteiger charge is -2.22. The molecule has 0 spiro atoms. The molecule has 0 unspecified atom stereocenters. The van der Waals surface area contributed by atoms with Crippen molar-refractivity contribution in [3.8, 4) is 0 Å². The first-order valence-corrected chi connectivity index (χ1v) is 10.3. The van der Waals surface area contributed by atoms with E-state index in [0.29, 0.717) is 28.4 Å². The second kappa shape index (κ2) is 8.88. The van der Waals surface area contributed by atoms with Crippen LogP contribution in [0.25, 0.3) is 0 Å². The van der Waals surface area contributed by atoms with E-state index in [-0.39, 0.29) is 18.9 Å². The van der Waals surface area contributed by atoms with Gasteiger partial charge in [0.05, 0.1) is 11.9 Å². The highest BCUT2D eigenvalue weighted by Gasteiger charge is 2.18. The number of hydrogen-bond donors (Lipinski definition) is 2. The van der Waals surface area contributed by atoms with Gasteiger partial charge >= 0.3 is 0 Å². The van der Waals surface area contributed by atoms with Crippen molar-refractivity contribution in [2.45, 2.75) is 12.8 Å². The number of carbonyl (C=O) groups excluding carboxylic acids is 2. The number of rotatable bonds is 8. The van der Waals surface area contributed by atoms with Crippen LogP contribution in [-0.2, 0) is 14.8 Å². The number of amides is 2. The van der Waals surface area contributed by atoms with Crippen molar-refractivity contribution in [3.05, 3.63) is 59.1 Å². The second-order valence-corrected chi connectivity index (χ2v) is 8.25. The van der Waals surface area contributed by atoms with Crippen molar-refractivity contribution in [3.63, 3.8) is 0 Å². The van der Waals surface area contributed by atoms with Crippen LogP contribution in [0.2, 0.25) is 5.02 Å². The molecular weight excluding hydrogens is 390 g/mol. The Kier molecular flexibility index (Phi) is 6.81. The highest BCUT2D eigenvalue weighted by Crippen LogP contribution is 2.22. The van der Waals surface area contributed by atoms with E-state index in [0.717, 1.165) is 6.26 Å². The lowest BCUT2D eigenvalue weighted by Crippen LogP contribution is -2.31. The van der Waals surface area contributed by atoms with Gasteiger partial charge in [0.1, 0.15) is 0 Å². The average Bonchev–Trinajstić information content (AvgIpc) is 2.58. The smallest absolute Gasteiger partial charge is 0.248 e. The maximum absolute atomic E-state index is 12.1. The Bertz CT molecular complexity index is 930. The van der Waals surface area contributed by atoms with Gasteiger partial charge in [-0.2, -0.15) is 0 Å². The molecule has 0 fully saturated rings. The van der Waals surface area contributed by atoms with Crippen molar-refractivity contribution >= 4 is 44.8 Å². The zero-order valence-electron chi connectivity index (χ0n) is 14.7. The Morgan fingerprint density at radius 2 is 1.81 bits per heavy atom. The lowest BCUT2D eigenvalue weighted by molar-refractivity contribution is -0.116. The van der Waals surface area contributed by atoms with Crippen molar-refractivity contribution < 1.29 is 18.0 Å². The lowest BCUT2D eigenvalue weighted by atomic mass is 10.2. The highest BCUT2D eigenvalue weighted by atomic mass is 35.5. The Hall–Kier alpha value is -2.58. The van der Waals surface area contributed by atoms with Crippen LogP contribution >= 0.6 is 11.6 Å². The largest absolute Gasteiger partial charge is 0.366 e. The molecule has 144 valence electrons. The van der Waals surface area contributed by atoms with Crippen molar-refractivity contribution in [2.75, 3.05) is 22.4 Å². The number of nitrogens with zero attached hydrogens (tertiary/aromatic N) is 1. The Morgan fingerprint density at radius 1 is 1.15 bits per heavy atom. The van der Waals surface area contributed by atoms with Crippen LogP contribution in [0.3, 0.4) is 0 Å². The van der Waals surface area contributed by atoms with Crippen LogP contribution < -0.4 is 15.4 Å². The Labute approximate surface area is 163 Å². The zero-order chi connectivity index (χ0) is 20.0. The summed E-state index contributed by atoms with van der Waals surface area (Å²) in [6.07, 6.45) is 1.56. The molecule has 0 aliphatic heterocycles. The predicted octanol–water partition coefficient (Wildman–Crippen LogP) is 2.62. The van der Waals surface area contributed by atoms with E-state index in [4.69, 9.17) is 17.3 Å². The van der Waals surface area contributed by atoms with Gasteiger partial charge in [0.15, 0.2) is 0 Å². The maximum atomic E-state index is 12.1. The first-order chi connectivity index (χ1) is 12.7. The van der Waals surface area contributed by atoms with Crippen LogP contribution in [0.1, 0.15) is 23.2 Å². The third-order valence-corrected chi connectivity index (χ3v) is 5.14. The fraction of sp³-hybridized carbons (Fsp3) is 0.222. The third-order valence-electron chi connectivity index (χ3n) is 3.71. The summed E-state index contributed by atoms with van der Waals surface area (Å²) < 4.78 is 25.3. The zero-order valence-corrected chi connectivity index (χ0v) is 16.3. The summed E-state index contributed by atoms with van der Waals surface area (Å²) in [6.45, 7) is 0.146. The molecule has 0 saturated heterocycles. The molecule has 0 aliphatic carbocycles. The molecule has 0 radical (unpaired) electrons. The molecule has 0 aliphatic rings. The normalized spacial score (nSPS) is 11.0. The molecule has 3 N–H and O–H groups in total. The molecule has 27 heavy (non-hydrogen) atoms. The van der Waals surface area contributed by atoms with Gasteiger partial charge in [-0.1, -0.05) is 17.7 Å². The van der Waals surface area contributed by atoms with Gasteiger partial charge < -0.3 is 11.1 Å². The minimum absolute atomic E-state index is 0.129. The molecule has 0 heterocycles. The summed E-state index contributed by atoms with van der Waals surface area (Å²) in [5.41, 5.74) is 6.49. The number of nitrogens with two attached hydrogens (primary N) is 1. The molecular formula is C18H20ClN3O4S. The third kappa shape index (κ3) is 6.26. The van der Waals surface area contributed by atoms with E-state index in [1.54, 1.807) is 36.4 Å². The minimum atomic E-state index is -3.51. The number of primary amides is 1. The SMILES string of the molecule is CS(=O)(=O)N(CCCC(=O)Nc1ccc(C(N)=O)cc1)c1cccc(Cl)c1. The fourth-order valence-electron chi connectivity index (χ4n) is 2.44. The summed E-state index contributed by atoms with van der Waals surface area (Å²) >= 11 is 5.93. The van der Waals surface area contributed by atoms with E-state index in [1.807, 2.05) is 0 Å². The average molecular weight is 410 g/mol. The highest BCUT2D eigenvalue weighted by molar-refractivity contribution is 7.92. The molecule has 7 nitrogen and oxygen atoms in total. The van der Waals surface area contributed by atoms with Crippen LogP contribution in [0.4, 0.5) is 11.4 Å². The van der Waals surface area contributed by atoms with E-state index in [1.165, 1.54) is 16.4 Å². The van der Waals surface area contributed by atoms with Crippen LogP contribution in [0.5, 0.6) is 0 Å². The molecule has 2 aromatic carbocycles. The van der Waals surface area contributed by atoms with Crippen LogP contribution in [0, 0.1) is 0 Å². The number of benzene rings is 2. The Morgan fingerprint density at radius 3 is 2.37 bits per heavy atom. The summed E-state index contributed by atoms with van der Waals surface area (Å²) in [5, 5.41) is 3.12. The van der Waals surface area contributed by atoms with E-state index in [2.05, 4.69) is 5.32 Å². The maximum Gasteiger partial charge on any atom is 0.248 e. The molecule has 9 heteroatoms. The van der Waals surface area contributed by atoms with Crippen molar-refractivity contribution in [1.29, 1.82) is 0 Å². The molecule has 0 aromatic heterocycles. The molecule has 0 bridgehead atoms. The number of halogens is 1. The van der Waals surface area contributed by atoms with Gasteiger partial charge in [0.25, 0.3) is 0 Å². The van der Waals surface area contributed by atoms with Crippen molar-refractivity contribution in [2.24, 2.45) is 5.73 Å². The summed E-state index contributed by atoms with van der Waals surface area (Å²) in [5.74, 6) is -0.809. The van der Waals surface area contributed by atoms with Gasteiger partial charge in [-0.3, -0.25) is 13.9 Å². The number of anilines is 2. The van der Waals surface area contributed by atoms with Gasteiger partial charge in [-0.15, -0.1) is 0 Å². The Balaban J connectivity index is 1.94. The van der Waals surface area contributed by atoms with Gasteiger partial charge in [0, 0.05) is 29.2 Å². The molecule has 2 rings (SSSR count). The van der Waals surface area contributed by atoms with E-state index in [9.17, 15) is 18.0 Å². The molecule has 0 atom stereocenters. The summed E-state index contributed by atoms with van der Waals surface area (Å²) in [7, 11) is -3.51. The number of carbonyl (C=O) groups is 2. The van der Waals surface area contributed by atoms with E-state index < -0.39 is 15.9 Å². The van der Waals surface area contributed by atoms with Gasteiger partial charge in [0.2, 0.25) is 21.8 Å². The molecule has 0 saturated carbocycles. The van der Waals surface area contributed by atoms with E-state index >= 15 is 0 Å². The predicted molar refractivity (Wildman–Crippen MR) is 106 cm³/mol. The second-order valence-electron chi connectivity index (χ2n) is 5.91. The van der Waals surface area contributed by atoms with Crippen LogP contribution in [0.15, 0.2) is 48.5 Å². The first kappa shape index (κ1) is 20.7. The monoisotopic (exact) mass is 409 g/mol. The number of sulfonamides is 1. The van der Waals surface area contributed by atoms with Crippen LogP contribution in [-0.4, -0.2) is 33.0 Å². The summed E-state index contributed by atoms with van der Waals surface area (Å²) in [6, 6.07) is 12.7. The molecule has 2 aromatic rings. The van der Waals surface area contributed by atoms with Crippen molar-refractivity contribution in [1.82, 2.24) is 0 Å². The van der Waals surface area contributed by atoms with Gasteiger partial charge in [-0.25, -0.2) is 8.42 Å². The minimum Gasteiger partial charge on any atom is -0.366 e. The summed E-state index contributed by atoms with van der Waals surface area (Å²) in [4.78, 5) is 23.1. The molecule has 2 amide bonds. The fourth-order valence-corrected chi connectivity index (χ4v) is 3.58. The number of hydrogen-bond acceptors (Lipinski definition) is 4. The first-order valence-electron chi connectivity index (χ1n) is 8.10. The standard InChI is InChI=1S/C18H20ClN3O4S/c1-27(25,26)22(16-5-2-4-14(19)12-16)11-3-6-17(23)21-15-9-7-13(8-10-15)18(20)24/h2,4-5,7-10,12H,3,6,11H2,1H3,(H2,20,24)(H,21,23). The number of nitrogens with one attached hydrogen (secondary N) is 1. The topological polar surface area (TPSA) is 110 Å². The van der Waals surface area contributed by atoms with Gasteiger partial charge in [-0.05, 0) is 48.9 Å².